The Morgan fingerprint density at radius 3 is 0.655 bits per heavy atom. The number of carbonyl (C=O) groups is 5. The topological polar surface area (TPSA) is 178 Å². The number of para-hydroxylation sites is 1. The summed E-state index contributed by atoms with van der Waals surface area (Å²) in [5, 5.41) is 0. The predicted octanol–water partition coefficient (Wildman–Crippen LogP) is 11.4. The third kappa shape index (κ3) is 9.57. The van der Waals surface area contributed by atoms with Crippen LogP contribution < -0.4 is 27.1 Å². The normalized spacial score (nSPS) is 16.0. The van der Waals surface area contributed by atoms with Crippen LogP contribution in [-0.4, -0.2) is 31.4 Å². The molecule has 14 nitrogen and oxygen atoms in total. The number of hydrogen-bond acceptors (Lipinski definition) is 14. The molecule has 0 spiro atoms. The first-order chi connectivity index (χ1) is 28.3. The number of nitrogens with zero attached hydrogens (tertiary/aromatic N) is 3. The van der Waals surface area contributed by atoms with Crippen molar-refractivity contribution < 1.29 is 51.1 Å². The largest absolute Gasteiger partial charge is 0.460 e. The van der Waals surface area contributed by atoms with Gasteiger partial charge in [-0.25, -0.2) is 0 Å². The first-order valence-electron chi connectivity index (χ1n) is 17.2. The van der Waals surface area contributed by atoms with Crippen LogP contribution in [0.15, 0.2) is 165 Å². The van der Waals surface area contributed by atoms with Gasteiger partial charge in [-0.1, -0.05) is 31.7 Å². The van der Waals surface area contributed by atoms with Crippen LogP contribution in [0.4, 0.5) is 0 Å². The van der Waals surface area contributed by atoms with Crippen LogP contribution in [0.2, 0.25) is 0 Å². The Morgan fingerprint density at radius 1 is 0.276 bits per heavy atom. The summed E-state index contributed by atoms with van der Waals surface area (Å²) in [5.41, 5.74) is 1.81. The quantitative estimate of drug-likeness (QED) is 0.0630. The Balaban J connectivity index is 1.56. The molecule has 0 aliphatic carbocycles. The number of rotatable bonds is 17. The Kier molecular flexibility index (Phi) is 11.9. The van der Waals surface area contributed by atoms with Gasteiger partial charge in [0.2, 0.25) is 0 Å². The average Bonchev–Trinajstić information content (AvgIpc) is 3.25. The molecule has 0 radical (unpaired) electrons. The van der Waals surface area contributed by atoms with Gasteiger partial charge in [-0.3, -0.25) is 24.0 Å². The van der Waals surface area contributed by atoms with Gasteiger partial charge in [0, 0.05) is 27.8 Å². The molecule has 0 N–H and O–H groups in total. The first-order valence-corrected chi connectivity index (χ1v) is 21.8. The summed E-state index contributed by atoms with van der Waals surface area (Å²) in [4.78, 5) is 58.0. The van der Waals surface area contributed by atoms with Crippen molar-refractivity contribution in [2.45, 2.75) is 0 Å². The average molecular weight is 834 g/mol. The molecule has 0 fully saturated rings. The lowest BCUT2D eigenvalue weighted by atomic mass is 10.2. The SMILES string of the molecule is O=Cc1ccc(OP2(Oc3ccccc3)=NP(Oc3ccc(C=O)cc3)(Oc3ccc(C=O)cc3)=NP(Oc3ccc(C=O)cc3)(Oc3ccc(C=O)cc3)=N2)cc1. The van der Waals surface area contributed by atoms with Gasteiger partial charge < -0.3 is 27.1 Å². The minimum Gasteiger partial charge on any atom is -0.413 e. The molecule has 58 heavy (non-hydrogen) atoms. The number of hydrogen-bond donors (Lipinski definition) is 0. The van der Waals surface area contributed by atoms with E-state index in [1.54, 1.807) is 30.3 Å². The van der Waals surface area contributed by atoms with E-state index in [4.69, 9.17) is 40.7 Å². The predicted molar refractivity (Wildman–Crippen MR) is 217 cm³/mol. The lowest BCUT2D eigenvalue weighted by Gasteiger charge is -2.33. The van der Waals surface area contributed by atoms with Gasteiger partial charge in [0.05, 0.1) is 0 Å². The Morgan fingerprint density at radius 2 is 0.466 bits per heavy atom. The molecule has 6 aromatic rings. The first kappa shape index (κ1) is 39.4. The molecule has 0 bridgehead atoms. The van der Waals surface area contributed by atoms with Gasteiger partial charge in [0.15, 0.2) is 0 Å². The van der Waals surface area contributed by atoms with E-state index in [1.807, 2.05) is 0 Å². The van der Waals surface area contributed by atoms with Gasteiger partial charge >= 0.3 is 23.0 Å². The van der Waals surface area contributed by atoms with Gasteiger partial charge in [0.1, 0.15) is 65.9 Å². The second kappa shape index (κ2) is 17.5. The summed E-state index contributed by atoms with van der Waals surface area (Å²) in [7, 11) is -12.9. The molecule has 6 aromatic carbocycles. The minimum atomic E-state index is -4.31. The summed E-state index contributed by atoms with van der Waals surface area (Å²) < 4.78 is 55.2. The smallest absolute Gasteiger partial charge is 0.413 e. The van der Waals surface area contributed by atoms with Crippen LogP contribution in [0.3, 0.4) is 0 Å². The van der Waals surface area contributed by atoms with Crippen molar-refractivity contribution in [3.8, 4) is 34.5 Å². The summed E-state index contributed by atoms with van der Waals surface area (Å²) in [5.74, 6) is 1.09. The van der Waals surface area contributed by atoms with Gasteiger partial charge in [-0.05, 0) is 133 Å². The van der Waals surface area contributed by atoms with Crippen molar-refractivity contribution in [2.24, 2.45) is 13.5 Å². The second-order valence-corrected chi connectivity index (χ2v) is 18.2. The van der Waals surface area contributed by atoms with Crippen LogP contribution >= 0.6 is 23.0 Å². The molecule has 290 valence electrons. The molecule has 17 heteroatoms. The summed E-state index contributed by atoms with van der Waals surface area (Å²) >= 11 is 0. The van der Waals surface area contributed by atoms with E-state index in [9.17, 15) is 24.0 Å². The Hall–Kier alpha value is -6.84. The molecule has 1 heterocycles. The zero-order valence-corrected chi connectivity index (χ0v) is 32.7. The molecule has 1 unspecified atom stereocenters. The van der Waals surface area contributed by atoms with E-state index in [2.05, 4.69) is 0 Å². The number of carbonyl (C=O) groups excluding carboxylic acids is 5. The number of benzene rings is 6. The maximum Gasteiger partial charge on any atom is 0.460 e. The fourth-order valence-corrected chi connectivity index (χ4v) is 14.2. The van der Waals surface area contributed by atoms with Crippen molar-refractivity contribution in [3.63, 3.8) is 0 Å². The lowest BCUT2D eigenvalue weighted by Crippen LogP contribution is -2.11. The molecular weight excluding hydrogens is 803 g/mol. The molecule has 7 rings (SSSR count). The summed E-state index contributed by atoms with van der Waals surface area (Å²) in [6, 6.07) is 39.1. The maximum absolute atomic E-state index is 11.6. The van der Waals surface area contributed by atoms with Gasteiger partial charge in [-0.15, -0.1) is 0 Å². The van der Waals surface area contributed by atoms with Crippen molar-refractivity contribution in [1.82, 2.24) is 0 Å². The van der Waals surface area contributed by atoms with Crippen LogP contribution in [-0.2, 0) is 0 Å². The fourth-order valence-electron chi connectivity index (χ4n) is 5.10. The van der Waals surface area contributed by atoms with Crippen LogP contribution in [0.5, 0.6) is 34.5 Å². The molecule has 0 saturated heterocycles. The summed E-state index contributed by atoms with van der Waals surface area (Å²) in [6.45, 7) is 0. The zero-order chi connectivity index (χ0) is 40.4. The van der Waals surface area contributed by atoms with E-state index in [0.29, 0.717) is 59.2 Å². The van der Waals surface area contributed by atoms with E-state index in [0.717, 1.165) is 0 Å². The highest BCUT2D eigenvalue weighted by molar-refractivity contribution is 7.79. The highest BCUT2D eigenvalue weighted by Crippen LogP contribution is 2.78. The fraction of sp³-hybridized carbons (Fsp3) is 0. The Bertz CT molecular complexity index is 2400. The van der Waals surface area contributed by atoms with E-state index < -0.39 is 23.0 Å². The molecule has 1 aliphatic heterocycles. The molecular formula is C41H30N3O11P3. The van der Waals surface area contributed by atoms with Crippen molar-refractivity contribution >= 4 is 54.4 Å². The van der Waals surface area contributed by atoms with Crippen molar-refractivity contribution in [2.75, 3.05) is 0 Å². The minimum absolute atomic E-state index is 0.162. The second-order valence-electron chi connectivity index (χ2n) is 12.0. The highest BCUT2D eigenvalue weighted by Gasteiger charge is 2.49. The van der Waals surface area contributed by atoms with Crippen molar-refractivity contribution in [3.05, 3.63) is 179 Å². The third-order valence-corrected chi connectivity index (χ3v) is 16.0. The van der Waals surface area contributed by atoms with Crippen LogP contribution in [0.25, 0.3) is 0 Å². The van der Waals surface area contributed by atoms with E-state index >= 15 is 0 Å². The molecule has 0 aromatic heterocycles. The molecule has 1 aliphatic rings. The van der Waals surface area contributed by atoms with Gasteiger partial charge in [0.25, 0.3) is 0 Å². The van der Waals surface area contributed by atoms with Crippen LogP contribution in [0, 0.1) is 0 Å². The van der Waals surface area contributed by atoms with Crippen LogP contribution in [0.1, 0.15) is 51.8 Å². The van der Waals surface area contributed by atoms with E-state index in [-0.39, 0.29) is 34.5 Å². The standard InChI is InChI=1S/C41H30N3O11P3/c45-26-31-6-16-37(17-7-31)51-56(50-36-4-2-1-3-5-36)42-57(52-38-18-8-32(27-46)9-19-38,53-39-20-10-33(28-47)11-21-39)44-58(43-56,54-40-22-12-34(29-48)13-23-40)55-41-24-14-35(30-49)15-25-41/h1-30H. The molecule has 1 atom stereocenters. The van der Waals surface area contributed by atoms with Gasteiger partial charge in [-0.2, -0.15) is 0 Å². The molecule has 0 amide bonds. The van der Waals surface area contributed by atoms with E-state index in [1.165, 1.54) is 121 Å². The Labute approximate surface area is 332 Å². The third-order valence-electron chi connectivity index (χ3n) is 7.85. The van der Waals surface area contributed by atoms with Crippen molar-refractivity contribution in [1.29, 1.82) is 0 Å². The molecule has 0 saturated carbocycles. The zero-order valence-electron chi connectivity index (χ0n) is 30.0. The monoisotopic (exact) mass is 833 g/mol. The summed E-state index contributed by atoms with van der Waals surface area (Å²) in [6.07, 6.45) is 3.37. The maximum atomic E-state index is 11.6. The number of aldehydes is 5. The highest BCUT2D eigenvalue weighted by atomic mass is 31.3. The lowest BCUT2D eigenvalue weighted by molar-refractivity contribution is 0.111.